The van der Waals surface area contributed by atoms with E-state index in [4.69, 9.17) is 0 Å². The van der Waals surface area contributed by atoms with Gasteiger partial charge >= 0.3 is 0 Å². The maximum atomic E-state index is 4.67. The summed E-state index contributed by atoms with van der Waals surface area (Å²) < 4.78 is 2.09. The van der Waals surface area contributed by atoms with Crippen LogP contribution in [-0.4, -0.2) is 29.4 Å². The highest BCUT2D eigenvalue weighted by molar-refractivity contribution is 5.50. The quantitative estimate of drug-likeness (QED) is 0.904. The molecule has 0 saturated carbocycles. The third-order valence-corrected chi connectivity index (χ3v) is 4.32. The number of nitrogens with one attached hydrogen (secondary N) is 1. The van der Waals surface area contributed by atoms with Crippen molar-refractivity contribution in [3.05, 3.63) is 11.3 Å². The van der Waals surface area contributed by atoms with Crippen molar-refractivity contribution in [3.63, 3.8) is 0 Å². The molecule has 0 aliphatic carbocycles. The molecule has 0 radical (unpaired) electrons. The van der Waals surface area contributed by atoms with E-state index in [1.807, 2.05) is 0 Å². The van der Waals surface area contributed by atoms with Crippen molar-refractivity contribution in [2.24, 2.45) is 13.0 Å². The average Bonchev–Trinajstić information content (AvgIpc) is 2.64. The second kappa shape index (κ2) is 7.83. The Kier molecular flexibility index (Phi) is 6.09. The molecule has 1 saturated heterocycles. The highest BCUT2D eigenvalue weighted by Gasteiger charge is 2.19. The number of hydrogen-bond acceptors (Lipinski definition) is 3. The summed E-state index contributed by atoms with van der Waals surface area (Å²) in [4.78, 5) is 2.56. The van der Waals surface area contributed by atoms with E-state index in [9.17, 15) is 0 Å². The minimum absolute atomic E-state index is 0.687. The molecule has 120 valence electrons. The zero-order valence-electron chi connectivity index (χ0n) is 14.3. The molecule has 21 heavy (non-hydrogen) atoms. The van der Waals surface area contributed by atoms with Gasteiger partial charge in [0.25, 0.3) is 0 Å². The third-order valence-electron chi connectivity index (χ3n) is 4.32. The second-order valence-electron chi connectivity index (χ2n) is 6.79. The maximum absolute atomic E-state index is 4.67. The van der Waals surface area contributed by atoms with Crippen LogP contribution in [0.3, 0.4) is 0 Å². The van der Waals surface area contributed by atoms with Crippen molar-refractivity contribution < 1.29 is 0 Å². The zero-order valence-corrected chi connectivity index (χ0v) is 14.3. The first-order chi connectivity index (χ1) is 10.1. The van der Waals surface area contributed by atoms with Gasteiger partial charge in [0.05, 0.1) is 5.69 Å². The summed E-state index contributed by atoms with van der Waals surface area (Å²) >= 11 is 0. The lowest BCUT2D eigenvalue weighted by Crippen LogP contribution is -2.30. The van der Waals surface area contributed by atoms with Crippen molar-refractivity contribution in [1.29, 1.82) is 0 Å². The van der Waals surface area contributed by atoms with Gasteiger partial charge in [-0.05, 0) is 32.2 Å². The van der Waals surface area contributed by atoms with Crippen LogP contribution in [-0.2, 0) is 13.6 Å². The predicted octanol–water partition coefficient (Wildman–Crippen LogP) is 3.24. The molecule has 1 aromatic heterocycles. The van der Waals surface area contributed by atoms with Crippen LogP contribution in [0, 0.1) is 12.8 Å². The summed E-state index contributed by atoms with van der Waals surface area (Å²) in [6, 6.07) is 0. The van der Waals surface area contributed by atoms with Crippen LogP contribution < -0.4 is 10.2 Å². The Morgan fingerprint density at radius 1 is 1.10 bits per heavy atom. The number of rotatable bonds is 5. The monoisotopic (exact) mass is 292 g/mol. The number of aromatic nitrogens is 2. The maximum Gasteiger partial charge on any atom is 0.131 e. The SMILES string of the molecule is Cc1nn(C)c(N2CCCCCCC2)c1CNCC(C)C. The number of anilines is 1. The Labute approximate surface area is 129 Å². The van der Waals surface area contributed by atoms with Gasteiger partial charge in [0.2, 0.25) is 0 Å². The van der Waals surface area contributed by atoms with Crippen LogP contribution in [0.5, 0.6) is 0 Å². The Balaban J connectivity index is 2.12. The summed E-state index contributed by atoms with van der Waals surface area (Å²) in [5.41, 5.74) is 2.56. The molecule has 0 atom stereocenters. The van der Waals surface area contributed by atoms with Crippen molar-refractivity contribution in [2.45, 2.75) is 59.4 Å². The van der Waals surface area contributed by atoms with Gasteiger partial charge in [-0.2, -0.15) is 5.10 Å². The van der Waals surface area contributed by atoms with Gasteiger partial charge < -0.3 is 10.2 Å². The first-order valence-electron chi connectivity index (χ1n) is 8.57. The lowest BCUT2D eigenvalue weighted by atomic mass is 10.1. The molecule has 0 aromatic carbocycles. The van der Waals surface area contributed by atoms with Crippen molar-refractivity contribution >= 4 is 5.82 Å². The first-order valence-corrected chi connectivity index (χ1v) is 8.57. The molecule has 0 bridgehead atoms. The molecule has 2 rings (SSSR count). The largest absolute Gasteiger partial charge is 0.357 e. The van der Waals surface area contributed by atoms with Crippen LogP contribution in [0.25, 0.3) is 0 Å². The van der Waals surface area contributed by atoms with Crippen LogP contribution >= 0.6 is 0 Å². The molecule has 0 amide bonds. The number of nitrogens with zero attached hydrogens (tertiary/aromatic N) is 3. The van der Waals surface area contributed by atoms with E-state index in [2.05, 4.69) is 47.8 Å². The summed E-state index contributed by atoms with van der Waals surface area (Å²) in [7, 11) is 2.09. The van der Waals surface area contributed by atoms with Crippen LogP contribution in [0.4, 0.5) is 5.82 Å². The number of hydrogen-bond donors (Lipinski definition) is 1. The molecule has 1 fully saturated rings. The summed E-state index contributed by atoms with van der Waals surface area (Å²) in [5, 5.41) is 8.26. The molecule has 1 aliphatic heterocycles. The van der Waals surface area contributed by atoms with Crippen LogP contribution in [0.1, 0.15) is 57.2 Å². The van der Waals surface area contributed by atoms with Gasteiger partial charge in [-0.25, -0.2) is 0 Å². The normalized spacial score (nSPS) is 17.1. The molecule has 2 heterocycles. The van der Waals surface area contributed by atoms with Crippen molar-refractivity contribution in [1.82, 2.24) is 15.1 Å². The van der Waals surface area contributed by atoms with Crippen LogP contribution in [0.15, 0.2) is 0 Å². The zero-order chi connectivity index (χ0) is 15.2. The smallest absolute Gasteiger partial charge is 0.131 e. The highest BCUT2D eigenvalue weighted by Crippen LogP contribution is 2.25. The van der Waals surface area contributed by atoms with E-state index < -0.39 is 0 Å². The third kappa shape index (κ3) is 4.47. The Hall–Kier alpha value is -1.03. The van der Waals surface area contributed by atoms with Gasteiger partial charge in [0.1, 0.15) is 5.82 Å². The molecule has 0 spiro atoms. The van der Waals surface area contributed by atoms with Gasteiger partial charge in [0.15, 0.2) is 0 Å². The van der Waals surface area contributed by atoms with Gasteiger partial charge in [-0.3, -0.25) is 4.68 Å². The number of aryl methyl sites for hydroxylation is 2. The Bertz CT molecular complexity index is 428. The van der Waals surface area contributed by atoms with Gasteiger partial charge in [0, 0.05) is 32.2 Å². The molecule has 1 aliphatic rings. The first kappa shape index (κ1) is 16.3. The lowest BCUT2D eigenvalue weighted by molar-refractivity contribution is 0.538. The predicted molar refractivity (Wildman–Crippen MR) is 89.8 cm³/mol. The molecule has 4 heteroatoms. The molecule has 4 nitrogen and oxygen atoms in total. The lowest BCUT2D eigenvalue weighted by Gasteiger charge is -2.28. The summed E-state index contributed by atoms with van der Waals surface area (Å²) in [5.74, 6) is 2.03. The Morgan fingerprint density at radius 3 is 2.33 bits per heavy atom. The van der Waals surface area contributed by atoms with E-state index in [-0.39, 0.29) is 0 Å². The van der Waals surface area contributed by atoms with Gasteiger partial charge in [-0.1, -0.05) is 33.1 Å². The molecule has 0 unspecified atom stereocenters. The van der Waals surface area contributed by atoms with Crippen LogP contribution in [0.2, 0.25) is 0 Å². The van der Waals surface area contributed by atoms with E-state index in [0.717, 1.165) is 13.1 Å². The topological polar surface area (TPSA) is 33.1 Å². The molecule has 1 aromatic rings. The molecule has 1 N–H and O–H groups in total. The molecular weight excluding hydrogens is 260 g/mol. The summed E-state index contributed by atoms with van der Waals surface area (Å²) in [6.45, 7) is 11.0. The summed E-state index contributed by atoms with van der Waals surface area (Å²) in [6.07, 6.45) is 6.76. The fourth-order valence-electron chi connectivity index (χ4n) is 3.24. The fraction of sp³-hybridized carbons (Fsp3) is 0.824. The second-order valence-corrected chi connectivity index (χ2v) is 6.79. The average molecular weight is 292 g/mol. The van der Waals surface area contributed by atoms with E-state index in [1.165, 1.54) is 62.3 Å². The van der Waals surface area contributed by atoms with Crippen molar-refractivity contribution in [2.75, 3.05) is 24.5 Å². The van der Waals surface area contributed by atoms with Gasteiger partial charge in [-0.15, -0.1) is 0 Å². The minimum Gasteiger partial charge on any atom is -0.357 e. The fourth-order valence-corrected chi connectivity index (χ4v) is 3.24. The van der Waals surface area contributed by atoms with E-state index in [1.54, 1.807) is 0 Å². The molecular formula is C17H32N4. The van der Waals surface area contributed by atoms with E-state index >= 15 is 0 Å². The van der Waals surface area contributed by atoms with Crippen molar-refractivity contribution in [3.8, 4) is 0 Å². The standard InChI is InChI=1S/C17H32N4/c1-14(2)12-18-13-16-15(3)19-20(4)17(16)21-10-8-6-5-7-9-11-21/h14,18H,5-13H2,1-4H3. The highest BCUT2D eigenvalue weighted by atomic mass is 15.4. The minimum atomic E-state index is 0.687. The van der Waals surface area contributed by atoms with E-state index in [0.29, 0.717) is 5.92 Å². The Morgan fingerprint density at radius 2 is 1.71 bits per heavy atom.